The Morgan fingerprint density at radius 2 is 1.47 bits per heavy atom. The molecule has 0 aliphatic carbocycles. The van der Waals surface area contributed by atoms with E-state index in [1.807, 2.05) is 30.3 Å². The summed E-state index contributed by atoms with van der Waals surface area (Å²) in [5.41, 5.74) is 6.47. The maximum atomic E-state index is 12.1. The first-order valence-electron chi connectivity index (χ1n) is 9.86. The number of benzene rings is 2. The zero-order valence-corrected chi connectivity index (χ0v) is 17.8. The molecule has 0 aliphatic heterocycles. The number of amides is 3. The molecule has 7 heteroatoms. The van der Waals surface area contributed by atoms with E-state index in [9.17, 15) is 14.4 Å². The summed E-state index contributed by atoms with van der Waals surface area (Å²) < 4.78 is 5.61. The minimum absolute atomic E-state index is 0.00276. The van der Waals surface area contributed by atoms with E-state index in [0.717, 1.165) is 5.56 Å². The minimum Gasteiger partial charge on any atom is -0.481 e. The van der Waals surface area contributed by atoms with E-state index in [0.29, 0.717) is 11.4 Å². The van der Waals surface area contributed by atoms with Crippen LogP contribution >= 0.6 is 0 Å². The molecular weight excluding hydrogens is 382 g/mol. The van der Waals surface area contributed by atoms with Crippen LogP contribution in [0.3, 0.4) is 0 Å². The lowest BCUT2D eigenvalue weighted by Gasteiger charge is -2.20. The molecule has 0 aromatic heterocycles. The van der Waals surface area contributed by atoms with E-state index in [-0.39, 0.29) is 24.2 Å². The van der Waals surface area contributed by atoms with Gasteiger partial charge in [-0.3, -0.25) is 25.2 Å². The lowest BCUT2D eigenvalue weighted by molar-refractivity contribution is -0.133. The van der Waals surface area contributed by atoms with Crippen LogP contribution in [0.2, 0.25) is 0 Å². The molecule has 2 rings (SSSR count). The third-order valence-electron chi connectivity index (χ3n) is 4.36. The highest BCUT2D eigenvalue weighted by atomic mass is 16.5. The molecule has 3 amide bonds. The Morgan fingerprint density at radius 3 is 2.07 bits per heavy atom. The van der Waals surface area contributed by atoms with Crippen LogP contribution in [-0.2, 0) is 19.8 Å². The molecule has 0 fully saturated rings. The van der Waals surface area contributed by atoms with Crippen molar-refractivity contribution in [2.24, 2.45) is 0 Å². The van der Waals surface area contributed by atoms with Crippen LogP contribution in [0.1, 0.15) is 46.1 Å². The zero-order chi connectivity index (χ0) is 22.1. The van der Waals surface area contributed by atoms with Crippen molar-refractivity contribution >= 4 is 23.4 Å². The van der Waals surface area contributed by atoms with Crippen molar-refractivity contribution in [1.29, 1.82) is 0 Å². The first-order chi connectivity index (χ1) is 14.1. The van der Waals surface area contributed by atoms with E-state index in [4.69, 9.17) is 4.74 Å². The van der Waals surface area contributed by atoms with Gasteiger partial charge < -0.3 is 10.1 Å². The second-order valence-corrected chi connectivity index (χ2v) is 7.99. The summed E-state index contributed by atoms with van der Waals surface area (Å²) in [5, 5.41) is 2.69. The van der Waals surface area contributed by atoms with Gasteiger partial charge in [-0.15, -0.1) is 0 Å². The number of rotatable bonds is 7. The van der Waals surface area contributed by atoms with Crippen molar-refractivity contribution in [3.05, 3.63) is 60.2 Å². The van der Waals surface area contributed by atoms with Gasteiger partial charge in [0.15, 0.2) is 6.10 Å². The number of nitrogens with one attached hydrogen (secondary N) is 3. The molecule has 0 radical (unpaired) electrons. The summed E-state index contributed by atoms with van der Waals surface area (Å²) in [6.07, 6.45) is -0.849. The van der Waals surface area contributed by atoms with Gasteiger partial charge in [0.1, 0.15) is 5.75 Å². The Bertz CT molecular complexity index is 858. The lowest BCUT2D eigenvalue weighted by atomic mass is 9.87. The summed E-state index contributed by atoms with van der Waals surface area (Å²) in [4.78, 5) is 35.9. The van der Waals surface area contributed by atoms with Crippen molar-refractivity contribution in [2.45, 2.75) is 52.1 Å². The van der Waals surface area contributed by atoms with Crippen molar-refractivity contribution in [1.82, 2.24) is 10.9 Å². The molecule has 0 heterocycles. The Morgan fingerprint density at radius 1 is 0.867 bits per heavy atom. The van der Waals surface area contributed by atoms with Gasteiger partial charge in [-0.25, -0.2) is 0 Å². The average Bonchev–Trinajstić information content (AvgIpc) is 2.71. The molecule has 7 nitrogen and oxygen atoms in total. The molecule has 1 atom stereocenters. The summed E-state index contributed by atoms with van der Waals surface area (Å²) in [6.45, 7) is 7.94. The maximum Gasteiger partial charge on any atom is 0.279 e. The van der Waals surface area contributed by atoms with Crippen LogP contribution in [0.15, 0.2) is 54.6 Å². The average molecular weight is 412 g/mol. The molecule has 0 aliphatic rings. The van der Waals surface area contributed by atoms with Crippen LogP contribution < -0.4 is 20.9 Å². The fourth-order valence-electron chi connectivity index (χ4n) is 2.56. The number of hydrazine groups is 1. The highest BCUT2D eigenvalue weighted by Gasteiger charge is 2.17. The van der Waals surface area contributed by atoms with Crippen molar-refractivity contribution in [3.63, 3.8) is 0 Å². The lowest BCUT2D eigenvalue weighted by Crippen LogP contribution is -2.47. The van der Waals surface area contributed by atoms with E-state index in [1.165, 1.54) is 0 Å². The Kier molecular flexibility index (Phi) is 7.98. The number of hydrogen-bond acceptors (Lipinski definition) is 4. The number of anilines is 1. The van der Waals surface area contributed by atoms with Crippen LogP contribution in [0.4, 0.5) is 5.69 Å². The highest BCUT2D eigenvalue weighted by molar-refractivity contribution is 5.93. The van der Waals surface area contributed by atoms with Gasteiger partial charge in [0.25, 0.3) is 5.91 Å². The Balaban J connectivity index is 1.71. The zero-order valence-electron chi connectivity index (χ0n) is 17.8. The molecule has 2 aromatic rings. The molecule has 160 valence electrons. The maximum absolute atomic E-state index is 12.1. The fraction of sp³-hybridized carbons (Fsp3) is 0.348. The van der Waals surface area contributed by atoms with Gasteiger partial charge in [-0.2, -0.15) is 0 Å². The van der Waals surface area contributed by atoms with E-state index < -0.39 is 17.9 Å². The number of carbonyl (C=O) groups is 3. The summed E-state index contributed by atoms with van der Waals surface area (Å²) >= 11 is 0. The summed E-state index contributed by atoms with van der Waals surface area (Å²) in [7, 11) is 0. The SMILES string of the molecule is CC(Oc1ccc(C(C)(C)C)cc1)C(=O)NNC(=O)CCC(=O)Nc1ccccc1. The number of carbonyl (C=O) groups excluding carboxylic acids is 3. The number of hydrogen-bond donors (Lipinski definition) is 3. The minimum atomic E-state index is -0.799. The summed E-state index contributed by atoms with van der Waals surface area (Å²) in [6, 6.07) is 16.5. The molecule has 3 N–H and O–H groups in total. The van der Waals surface area contributed by atoms with E-state index in [1.54, 1.807) is 31.2 Å². The summed E-state index contributed by atoms with van der Waals surface area (Å²) in [5.74, 6) is -0.669. The Hall–Kier alpha value is -3.35. The van der Waals surface area contributed by atoms with Gasteiger partial charge in [-0.05, 0) is 42.2 Å². The molecule has 0 spiro atoms. The van der Waals surface area contributed by atoms with Gasteiger partial charge in [0.05, 0.1) is 0 Å². The topological polar surface area (TPSA) is 96.5 Å². The highest BCUT2D eigenvalue weighted by Crippen LogP contribution is 2.24. The molecule has 2 aromatic carbocycles. The van der Waals surface area contributed by atoms with E-state index in [2.05, 4.69) is 36.9 Å². The standard InChI is InChI=1S/C23H29N3O4/c1-16(30-19-12-10-17(11-13-19)23(2,3)4)22(29)26-25-21(28)15-14-20(27)24-18-8-6-5-7-9-18/h5-13,16H,14-15H2,1-4H3,(H,24,27)(H,25,28)(H,26,29). The van der Waals surface area contributed by atoms with Crippen LogP contribution in [0.5, 0.6) is 5.75 Å². The number of ether oxygens (including phenoxy) is 1. The van der Waals surface area contributed by atoms with Gasteiger partial charge in [-0.1, -0.05) is 51.1 Å². The fourth-order valence-corrected chi connectivity index (χ4v) is 2.56. The van der Waals surface area contributed by atoms with Gasteiger partial charge >= 0.3 is 0 Å². The quantitative estimate of drug-likeness (QED) is 0.609. The monoisotopic (exact) mass is 411 g/mol. The smallest absolute Gasteiger partial charge is 0.279 e. The molecule has 1 unspecified atom stereocenters. The third kappa shape index (κ3) is 7.58. The van der Waals surface area contributed by atoms with Crippen molar-refractivity contribution in [2.75, 3.05) is 5.32 Å². The van der Waals surface area contributed by atoms with Crippen LogP contribution in [0.25, 0.3) is 0 Å². The normalized spacial score (nSPS) is 11.9. The number of para-hydroxylation sites is 1. The largest absolute Gasteiger partial charge is 0.481 e. The van der Waals surface area contributed by atoms with E-state index >= 15 is 0 Å². The van der Waals surface area contributed by atoms with Gasteiger partial charge in [0.2, 0.25) is 11.8 Å². The molecule has 30 heavy (non-hydrogen) atoms. The van der Waals surface area contributed by atoms with Gasteiger partial charge in [0, 0.05) is 18.5 Å². The second-order valence-electron chi connectivity index (χ2n) is 7.99. The second kappa shape index (κ2) is 10.4. The molecule has 0 bridgehead atoms. The third-order valence-corrected chi connectivity index (χ3v) is 4.36. The first kappa shape index (κ1) is 22.9. The predicted molar refractivity (Wildman–Crippen MR) is 116 cm³/mol. The predicted octanol–water partition coefficient (Wildman–Crippen LogP) is 3.32. The Labute approximate surface area is 177 Å². The molecule has 0 saturated carbocycles. The first-order valence-corrected chi connectivity index (χ1v) is 9.86. The van der Waals surface area contributed by atoms with Crippen molar-refractivity contribution < 1.29 is 19.1 Å². The van der Waals surface area contributed by atoms with Crippen molar-refractivity contribution in [3.8, 4) is 5.75 Å². The molecule has 0 saturated heterocycles. The van der Waals surface area contributed by atoms with Crippen LogP contribution in [0, 0.1) is 0 Å². The molecular formula is C23H29N3O4. The van der Waals surface area contributed by atoms with Crippen LogP contribution in [-0.4, -0.2) is 23.8 Å².